The first-order valence-electron chi connectivity index (χ1n) is 4.12. The lowest BCUT2D eigenvalue weighted by Gasteiger charge is -2.11. The van der Waals surface area contributed by atoms with Gasteiger partial charge in [-0.1, -0.05) is 0 Å². The third-order valence-corrected chi connectivity index (χ3v) is 1.95. The molecule has 1 heterocycles. The summed E-state index contributed by atoms with van der Waals surface area (Å²) in [5.74, 6) is -0.527. The van der Waals surface area contributed by atoms with Crippen LogP contribution in [0, 0.1) is 5.92 Å². The van der Waals surface area contributed by atoms with E-state index in [1.807, 2.05) is 0 Å². The molecule has 1 rings (SSSR count). The Morgan fingerprint density at radius 1 is 1.83 bits per heavy atom. The molecule has 1 aliphatic rings. The molecule has 0 radical (unpaired) electrons. The van der Waals surface area contributed by atoms with Crippen LogP contribution in [0.15, 0.2) is 0 Å². The molecule has 0 aromatic heterocycles. The molecule has 0 aromatic rings. The van der Waals surface area contributed by atoms with Crippen molar-refractivity contribution in [2.45, 2.75) is 19.4 Å². The third kappa shape index (κ3) is 2.79. The van der Waals surface area contributed by atoms with Crippen LogP contribution < -0.4 is 0 Å². The molecule has 0 aliphatic carbocycles. The minimum absolute atomic E-state index is 0.381. The van der Waals surface area contributed by atoms with Gasteiger partial charge in [0.05, 0.1) is 13.2 Å². The van der Waals surface area contributed by atoms with E-state index in [2.05, 4.69) is 0 Å². The fourth-order valence-electron chi connectivity index (χ4n) is 1.07. The van der Waals surface area contributed by atoms with Crippen LogP contribution >= 0.6 is 0 Å². The molecule has 4 heteroatoms. The Kier molecular flexibility index (Phi) is 3.49. The van der Waals surface area contributed by atoms with Gasteiger partial charge in [0, 0.05) is 12.5 Å². The van der Waals surface area contributed by atoms with Crippen LogP contribution in [0.4, 0.5) is 0 Å². The zero-order chi connectivity index (χ0) is 8.97. The van der Waals surface area contributed by atoms with E-state index in [0.29, 0.717) is 19.1 Å². The molecule has 0 unspecified atom stereocenters. The van der Waals surface area contributed by atoms with Crippen LogP contribution in [-0.4, -0.2) is 37.0 Å². The van der Waals surface area contributed by atoms with E-state index >= 15 is 0 Å². The summed E-state index contributed by atoms with van der Waals surface area (Å²) in [5, 5.41) is 8.50. The fourth-order valence-corrected chi connectivity index (χ4v) is 1.07. The van der Waals surface area contributed by atoms with Crippen molar-refractivity contribution in [2.75, 3.05) is 19.8 Å². The summed E-state index contributed by atoms with van der Waals surface area (Å²) >= 11 is 0. The minimum atomic E-state index is -0.908. The average Bonchev–Trinajstić information content (AvgIpc) is 2.51. The van der Waals surface area contributed by atoms with Crippen LogP contribution in [0.1, 0.15) is 13.3 Å². The summed E-state index contributed by atoms with van der Waals surface area (Å²) in [6, 6.07) is 0. The second-order valence-electron chi connectivity index (χ2n) is 3.04. The summed E-state index contributed by atoms with van der Waals surface area (Å²) in [6.45, 7) is 3.51. The molecule has 12 heavy (non-hydrogen) atoms. The molecule has 4 nitrogen and oxygen atoms in total. The molecule has 1 N–H and O–H groups in total. The van der Waals surface area contributed by atoms with Crippen molar-refractivity contribution in [1.29, 1.82) is 0 Å². The molecule has 0 amide bonds. The van der Waals surface area contributed by atoms with E-state index in [-0.39, 0.29) is 0 Å². The van der Waals surface area contributed by atoms with Crippen LogP contribution in [0.3, 0.4) is 0 Å². The van der Waals surface area contributed by atoms with E-state index in [4.69, 9.17) is 14.6 Å². The summed E-state index contributed by atoms with van der Waals surface area (Å²) in [7, 11) is 0. The van der Waals surface area contributed by atoms with Gasteiger partial charge in [-0.3, -0.25) is 0 Å². The summed E-state index contributed by atoms with van der Waals surface area (Å²) in [6.07, 6.45) is 0.275. The van der Waals surface area contributed by atoms with Gasteiger partial charge in [0.2, 0.25) is 0 Å². The number of hydrogen-bond acceptors (Lipinski definition) is 3. The number of rotatable bonds is 4. The van der Waals surface area contributed by atoms with E-state index in [1.165, 1.54) is 6.92 Å². The molecule has 1 saturated heterocycles. The first-order valence-corrected chi connectivity index (χ1v) is 4.12. The number of carboxylic acids is 1. The van der Waals surface area contributed by atoms with Crippen molar-refractivity contribution in [3.8, 4) is 0 Å². The Balaban J connectivity index is 2.11. The summed E-state index contributed by atoms with van der Waals surface area (Å²) < 4.78 is 10.2. The van der Waals surface area contributed by atoms with Crippen molar-refractivity contribution in [3.63, 3.8) is 0 Å². The molecule has 0 bridgehead atoms. The highest BCUT2D eigenvalue weighted by Gasteiger charge is 2.18. The lowest BCUT2D eigenvalue weighted by molar-refractivity contribution is -0.149. The van der Waals surface area contributed by atoms with Crippen LogP contribution in [0.2, 0.25) is 0 Å². The molecule has 70 valence electrons. The fraction of sp³-hybridized carbons (Fsp3) is 0.875. The molecule has 0 spiro atoms. The zero-order valence-corrected chi connectivity index (χ0v) is 7.16. The monoisotopic (exact) mass is 174 g/mol. The largest absolute Gasteiger partial charge is 0.479 e. The van der Waals surface area contributed by atoms with Crippen LogP contribution in [0.5, 0.6) is 0 Å². The van der Waals surface area contributed by atoms with Crippen molar-refractivity contribution >= 4 is 5.97 Å². The Bertz CT molecular complexity index is 151. The van der Waals surface area contributed by atoms with Crippen molar-refractivity contribution in [3.05, 3.63) is 0 Å². The average molecular weight is 174 g/mol. The van der Waals surface area contributed by atoms with Gasteiger partial charge in [0.25, 0.3) is 0 Å². The Morgan fingerprint density at radius 2 is 2.58 bits per heavy atom. The third-order valence-electron chi connectivity index (χ3n) is 1.95. The van der Waals surface area contributed by atoms with Gasteiger partial charge in [-0.2, -0.15) is 0 Å². The van der Waals surface area contributed by atoms with Gasteiger partial charge in [0.15, 0.2) is 6.10 Å². The number of aliphatic carboxylic acids is 1. The lowest BCUT2D eigenvalue weighted by atomic mass is 10.1. The highest BCUT2D eigenvalue weighted by Crippen LogP contribution is 2.12. The van der Waals surface area contributed by atoms with Gasteiger partial charge in [-0.15, -0.1) is 0 Å². The quantitative estimate of drug-likeness (QED) is 0.674. The molecule has 2 atom stereocenters. The van der Waals surface area contributed by atoms with Gasteiger partial charge >= 0.3 is 5.97 Å². The van der Waals surface area contributed by atoms with E-state index in [1.54, 1.807) is 0 Å². The summed E-state index contributed by atoms with van der Waals surface area (Å²) in [4.78, 5) is 10.3. The summed E-state index contributed by atoms with van der Waals surface area (Å²) in [5.41, 5.74) is 0. The predicted octanol–water partition coefficient (Wildman–Crippen LogP) is 0.513. The van der Waals surface area contributed by atoms with Crippen molar-refractivity contribution < 1.29 is 19.4 Å². The molecule has 1 fully saturated rings. The number of carboxylic acid groups (broad SMARTS) is 1. The molecule has 0 aromatic carbocycles. The predicted molar refractivity (Wildman–Crippen MR) is 42.0 cm³/mol. The highest BCUT2D eigenvalue weighted by atomic mass is 16.5. The standard InChI is InChI=1S/C8H14O4/c1-6(8(9)10)12-5-7-2-3-11-4-7/h6-7H,2-5H2,1H3,(H,9,10)/t6-,7-/m0/s1. The lowest BCUT2D eigenvalue weighted by Crippen LogP contribution is -2.23. The second-order valence-corrected chi connectivity index (χ2v) is 3.04. The first kappa shape index (κ1) is 9.48. The van der Waals surface area contributed by atoms with Crippen molar-refractivity contribution in [2.24, 2.45) is 5.92 Å². The highest BCUT2D eigenvalue weighted by molar-refractivity contribution is 5.71. The van der Waals surface area contributed by atoms with Gasteiger partial charge in [0.1, 0.15) is 0 Å². The molecule has 0 saturated carbocycles. The smallest absolute Gasteiger partial charge is 0.332 e. The maximum atomic E-state index is 10.3. The first-order chi connectivity index (χ1) is 5.70. The maximum absolute atomic E-state index is 10.3. The van der Waals surface area contributed by atoms with Crippen LogP contribution in [-0.2, 0) is 14.3 Å². The van der Waals surface area contributed by atoms with Gasteiger partial charge in [-0.25, -0.2) is 4.79 Å². The van der Waals surface area contributed by atoms with Crippen LogP contribution in [0.25, 0.3) is 0 Å². The number of hydrogen-bond donors (Lipinski definition) is 1. The second kappa shape index (κ2) is 4.42. The molecular weight excluding hydrogens is 160 g/mol. The van der Waals surface area contributed by atoms with E-state index in [9.17, 15) is 4.79 Å². The van der Waals surface area contributed by atoms with Crippen molar-refractivity contribution in [1.82, 2.24) is 0 Å². The maximum Gasteiger partial charge on any atom is 0.332 e. The number of ether oxygens (including phenoxy) is 2. The SMILES string of the molecule is C[C@H](OC[C@H]1CCOC1)C(=O)O. The molecular formula is C8H14O4. The minimum Gasteiger partial charge on any atom is -0.479 e. The topological polar surface area (TPSA) is 55.8 Å². The Hall–Kier alpha value is -0.610. The zero-order valence-electron chi connectivity index (χ0n) is 7.16. The Labute approximate surface area is 71.5 Å². The van der Waals surface area contributed by atoms with E-state index in [0.717, 1.165) is 13.0 Å². The van der Waals surface area contributed by atoms with E-state index < -0.39 is 12.1 Å². The number of carbonyl (C=O) groups is 1. The van der Waals surface area contributed by atoms with Gasteiger partial charge < -0.3 is 14.6 Å². The molecule has 1 aliphatic heterocycles. The van der Waals surface area contributed by atoms with Gasteiger partial charge in [-0.05, 0) is 13.3 Å². The normalized spacial score (nSPS) is 25.6. The Morgan fingerprint density at radius 3 is 3.08 bits per heavy atom.